The molecule has 5 aromatic carbocycles. The minimum Gasteiger partial charge on any atom is -0.456 e. The van der Waals surface area contributed by atoms with E-state index in [0.717, 1.165) is 44.5 Å². The standard InChI is InChI=1S/C27H20O2/c1-19-16-17-24-25(18-19)27(29-21-12-6-3-7-13-21)23-15-9-8-14-22(23)26(24)28-20-10-4-2-5-11-20/h2-18H,1H3. The van der Waals surface area contributed by atoms with Gasteiger partial charge in [0.2, 0.25) is 0 Å². The molecule has 2 nitrogen and oxygen atoms in total. The number of ether oxygens (including phenoxy) is 2. The summed E-state index contributed by atoms with van der Waals surface area (Å²) in [6.07, 6.45) is 0. The third-order valence-corrected chi connectivity index (χ3v) is 5.01. The van der Waals surface area contributed by atoms with Gasteiger partial charge < -0.3 is 9.47 Å². The summed E-state index contributed by atoms with van der Waals surface area (Å²) in [4.78, 5) is 0. The number of benzene rings is 5. The fourth-order valence-corrected chi connectivity index (χ4v) is 3.65. The Hall–Kier alpha value is -3.78. The molecule has 0 saturated heterocycles. The van der Waals surface area contributed by atoms with Crippen LogP contribution in [0.1, 0.15) is 5.56 Å². The first-order valence-corrected chi connectivity index (χ1v) is 9.70. The van der Waals surface area contributed by atoms with E-state index < -0.39 is 0 Å². The van der Waals surface area contributed by atoms with E-state index in [1.54, 1.807) is 0 Å². The van der Waals surface area contributed by atoms with Crippen LogP contribution in [0.15, 0.2) is 103 Å². The molecule has 0 N–H and O–H groups in total. The summed E-state index contributed by atoms with van der Waals surface area (Å²) in [5.74, 6) is 3.33. The van der Waals surface area contributed by atoms with Crippen molar-refractivity contribution in [3.8, 4) is 23.0 Å². The predicted octanol–water partition coefficient (Wildman–Crippen LogP) is 7.89. The Balaban J connectivity index is 1.80. The van der Waals surface area contributed by atoms with Crippen LogP contribution in [0, 0.1) is 6.92 Å². The quantitative estimate of drug-likeness (QED) is 0.297. The first-order valence-electron chi connectivity index (χ1n) is 9.70. The Morgan fingerprint density at radius 1 is 0.448 bits per heavy atom. The summed E-state index contributed by atoms with van der Waals surface area (Å²) in [6.45, 7) is 2.10. The summed E-state index contributed by atoms with van der Waals surface area (Å²) < 4.78 is 12.8. The molecule has 0 radical (unpaired) electrons. The second-order valence-electron chi connectivity index (χ2n) is 7.08. The van der Waals surface area contributed by atoms with Gasteiger partial charge in [-0.15, -0.1) is 0 Å². The van der Waals surface area contributed by atoms with E-state index in [1.165, 1.54) is 5.56 Å². The minimum absolute atomic E-state index is 0.816. The molecule has 0 aromatic heterocycles. The van der Waals surface area contributed by atoms with Gasteiger partial charge in [0, 0.05) is 21.5 Å². The lowest BCUT2D eigenvalue weighted by Gasteiger charge is -2.18. The second kappa shape index (κ2) is 7.33. The van der Waals surface area contributed by atoms with Gasteiger partial charge in [0.25, 0.3) is 0 Å². The zero-order valence-corrected chi connectivity index (χ0v) is 16.1. The van der Waals surface area contributed by atoms with Crippen molar-refractivity contribution in [3.63, 3.8) is 0 Å². The van der Waals surface area contributed by atoms with Crippen LogP contribution in [-0.2, 0) is 0 Å². The van der Waals surface area contributed by atoms with Crippen LogP contribution in [0.3, 0.4) is 0 Å². The highest BCUT2D eigenvalue weighted by Crippen LogP contribution is 2.45. The lowest BCUT2D eigenvalue weighted by Crippen LogP contribution is -1.93. The molecule has 0 saturated carbocycles. The van der Waals surface area contributed by atoms with E-state index in [9.17, 15) is 0 Å². The van der Waals surface area contributed by atoms with Crippen LogP contribution in [0.25, 0.3) is 21.5 Å². The van der Waals surface area contributed by atoms with Crippen molar-refractivity contribution in [1.29, 1.82) is 0 Å². The summed E-state index contributed by atoms with van der Waals surface area (Å²) in [5.41, 5.74) is 1.18. The Morgan fingerprint density at radius 3 is 1.45 bits per heavy atom. The summed E-state index contributed by atoms with van der Waals surface area (Å²) >= 11 is 0. The van der Waals surface area contributed by atoms with Crippen LogP contribution < -0.4 is 9.47 Å². The average Bonchev–Trinajstić information content (AvgIpc) is 2.77. The molecule has 0 aliphatic rings. The fourth-order valence-electron chi connectivity index (χ4n) is 3.65. The van der Waals surface area contributed by atoms with Gasteiger partial charge in [-0.1, -0.05) is 78.4 Å². The van der Waals surface area contributed by atoms with Gasteiger partial charge in [0.05, 0.1) is 0 Å². The average molecular weight is 376 g/mol. The number of rotatable bonds is 4. The first kappa shape index (κ1) is 17.3. The Kier molecular flexibility index (Phi) is 4.38. The molecule has 0 bridgehead atoms. The monoisotopic (exact) mass is 376 g/mol. The minimum atomic E-state index is 0.816. The molecular weight excluding hydrogens is 356 g/mol. The van der Waals surface area contributed by atoms with E-state index in [-0.39, 0.29) is 0 Å². The molecule has 0 aliphatic carbocycles. The smallest absolute Gasteiger partial charge is 0.143 e. The summed E-state index contributed by atoms with van der Waals surface area (Å²) in [7, 11) is 0. The van der Waals surface area contributed by atoms with Crippen LogP contribution in [0.2, 0.25) is 0 Å². The number of hydrogen-bond acceptors (Lipinski definition) is 2. The highest BCUT2D eigenvalue weighted by atomic mass is 16.5. The Morgan fingerprint density at radius 2 is 0.897 bits per heavy atom. The van der Waals surface area contributed by atoms with Crippen molar-refractivity contribution < 1.29 is 9.47 Å². The maximum absolute atomic E-state index is 6.41. The van der Waals surface area contributed by atoms with Gasteiger partial charge in [-0.25, -0.2) is 0 Å². The highest BCUT2D eigenvalue weighted by molar-refractivity contribution is 6.11. The molecule has 0 fully saturated rings. The molecule has 2 heteroatoms. The van der Waals surface area contributed by atoms with E-state index in [1.807, 2.05) is 72.8 Å². The third-order valence-electron chi connectivity index (χ3n) is 5.01. The van der Waals surface area contributed by atoms with Crippen molar-refractivity contribution in [2.75, 3.05) is 0 Å². The third kappa shape index (κ3) is 3.30. The van der Waals surface area contributed by atoms with Gasteiger partial charge >= 0.3 is 0 Å². The van der Waals surface area contributed by atoms with Crippen molar-refractivity contribution in [2.24, 2.45) is 0 Å². The van der Waals surface area contributed by atoms with Gasteiger partial charge in [-0.3, -0.25) is 0 Å². The molecule has 5 aromatic rings. The first-order chi connectivity index (χ1) is 14.3. The molecule has 29 heavy (non-hydrogen) atoms. The molecule has 140 valence electrons. The molecule has 0 atom stereocenters. The second-order valence-corrected chi connectivity index (χ2v) is 7.08. The number of fused-ring (bicyclic) bond motifs is 2. The number of aryl methyl sites for hydroxylation is 1. The number of para-hydroxylation sites is 2. The number of hydrogen-bond donors (Lipinski definition) is 0. The van der Waals surface area contributed by atoms with Crippen molar-refractivity contribution in [1.82, 2.24) is 0 Å². The molecule has 0 heterocycles. The highest BCUT2D eigenvalue weighted by Gasteiger charge is 2.17. The molecule has 5 rings (SSSR count). The normalized spacial score (nSPS) is 10.9. The van der Waals surface area contributed by atoms with Crippen LogP contribution in [0.4, 0.5) is 0 Å². The van der Waals surface area contributed by atoms with Crippen LogP contribution in [-0.4, -0.2) is 0 Å². The summed E-state index contributed by atoms with van der Waals surface area (Å²) in [6, 6.07) is 34.5. The van der Waals surface area contributed by atoms with Crippen molar-refractivity contribution in [2.45, 2.75) is 6.92 Å². The van der Waals surface area contributed by atoms with Gasteiger partial charge in [0.15, 0.2) is 0 Å². The maximum Gasteiger partial charge on any atom is 0.143 e. The lowest BCUT2D eigenvalue weighted by molar-refractivity contribution is 0.486. The van der Waals surface area contributed by atoms with E-state index in [0.29, 0.717) is 0 Å². The van der Waals surface area contributed by atoms with E-state index in [4.69, 9.17) is 9.47 Å². The van der Waals surface area contributed by atoms with Gasteiger partial charge in [-0.05, 0) is 37.3 Å². The van der Waals surface area contributed by atoms with Gasteiger partial charge in [0.1, 0.15) is 23.0 Å². The maximum atomic E-state index is 6.41. The zero-order valence-electron chi connectivity index (χ0n) is 16.1. The SMILES string of the molecule is Cc1ccc2c(Oc3ccccc3)c3ccccc3c(Oc3ccccc3)c2c1. The molecule has 0 aliphatic heterocycles. The van der Waals surface area contributed by atoms with Crippen molar-refractivity contribution in [3.05, 3.63) is 109 Å². The largest absolute Gasteiger partial charge is 0.456 e. The lowest BCUT2D eigenvalue weighted by atomic mass is 9.99. The van der Waals surface area contributed by atoms with Gasteiger partial charge in [-0.2, -0.15) is 0 Å². The van der Waals surface area contributed by atoms with Crippen LogP contribution >= 0.6 is 0 Å². The molecule has 0 unspecified atom stereocenters. The Bertz CT molecular complexity index is 1290. The van der Waals surface area contributed by atoms with E-state index in [2.05, 4.69) is 37.3 Å². The molecule has 0 spiro atoms. The predicted molar refractivity (Wildman–Crippen MR) is 119 cm³/mol. The Labute approximate surface area is 170 Å². The zero-order chi connectivity index (χ0) is 19.6. The topological polar surface area (TPSA) is 18.5 Å². The molecular formula is C27H20O2. The van der Waals surface area contributed by atoms with Crippen molar-refractivity contribution >= 4 is 21.5 Å². The van der Waals surface area contributed by atoms with Crippen LogP contribution in [0.5, 0.6) is 23.0 Å². The van der Waals surface area contributed by atoms with E-state index >= 15 is 0 Å². The fraction of sp³-hybridized carbons (Fsp3) is 0.0370. The summed E-state index contributed by atoms with van der Waals surface area (Å²) in [5, 5.41) is 4.13. The molecule has 0 amide bonds.